The van der Waals surface area contributed by atoms with Crippen LogP contribution in [-0.4, -0.2) is 40.6 Å². The fourth-order valence-electron chi connectivity index (χ4n) is 3.72. The molecule has 120 valence electrons. The monoisotopic (exact) mass is 292 g/mol. The van der Waals surface area contributed by atoms with Gasteiger partial charge in [0, 0.05) is 25.0 Å². The summed E-state index contributed by atoms with van der Waals surface area (Å²) in [5, 5.41) is 3.79. The van der Waals surface area contributed by atoms with Gasteiger partial charge in [0.05, 0.1) is 6.04 Å². The highest BCUT2D eigenvalue weighted by molar-refractivity contribution is 5.12. The highest BCUT2D eigenvalue weighted by Gasteiger charge is 2.45. The van der Waals surface area contributed by atoms with E-state index in [0.29, 0.717) is 6.04 Å². The van der Waals surface area contributed by atoms with E-state index in [-0.39, 0.29) is 5.54 Å². The smallest absolute Gasteiger partial charge is 0.127 e. The molecule has 0 aliphatic heterocycles. The van der Waals surface area contributed by atoms with Crippen LogP contribution in [0.15, 0.2) is 12.4 Å². The molecule has 0 spiro atoms. The van der Waals surface area contributed by atoms with Crippen molar-refractivity contribution in [3.8, 4) is 0 Å². The van der Waals surface area contributed by atoms with E-state index in [2.05, 4.69) is 61.0 Å². The average Bonchev–Trinajstić information content (AvgIpc) is 2.87. The molecule has 1 aliphatic carbocycles. The predicted molar refractivity (Wildman–Crippen MR) is 88.3 cm³/mol. The van der Waals surface area contributed by atoms with Crippen LogP contribution < -0.4 is 5.32 Å². The van der Waals surface area contributed by atoms with Crippen LogP contribution in [0.25, 0.3) is 0 Å². The minimum Gasteiger partial charge on any atom is -0.337 e. The molecule has 1 unspecified atom stereocenters. The molecule has 0 radical (unpaired) electrons. The van der Waals surface area contributed by atoms with Gasteiger partial charge in [-0.15, -0.1) is 0 Å². The quantitative estimate of drug-likeness (QED) is 0.875. The molecule has 2 rings (SSSR count). The molecule has 0 saturated heterocycles. The summed E-state index contributed by atoms with van der Waals surface area (Å²) < 4.78 is 2.18. The van der Waals surface area contributed by atoms with E-state index >= 15 is 0 Å². The van der Waals surface area contributed by atoms with Crippen LogP contribution in [0, 0.1) is 5.92 Å². The Kier molecular flexibility index (Phi) is 5.44. The lowest BCUT2D eigenvalue weighted by atomic mass is 9.71. The van der Waals surface area contributed by atoms with Crippen molar-refractivity contribution >= 4 is 0 Å². The Labute approximate surface area is 129 Å². The molecule has 0 bridgehead atoms. The normalized spacial score (nSPS) is 28.0. The molecular weight excluding hydrogens is 260 g/mol. The summed E-state index contributed by atoms with van der Waals surface area (Å²) in [6.45, 7) is 5.66. The molecule has 1 heterocycles. The van der Waals surface area contributed by atoms with Crippen molar-refractivity contribution in [3.63, 3.8) is 0 Å². The molecule has 1 fully saturated rings. The first-order valence-corrected chi connectivity index (χ1v) is 8.39. The number of hydrogen-bond donors (Lipinski definition) is 1. The Morgan fingerprint density at radius 3 is 2.57 bits per heavy atom. The van der Waals surface area contributed by atoms with Crippen LogP contribution in [0.1, 0.15) is 57.8 Å². The second-order valence-electron chi connectivity index (χ2n) is 6.96. The summed E-state index contributed by atoms with van der Waals surface area (Å²) in [6.07, 6.45) is 10.3. The fraction of sp³-hybridized carbons (Fsp3) is 0.824. The maximum absolute atomic E-state index is 4.66. The highest BCUT2D eigenvalue weighted by atomic mass is 15.2. The number of nitrogens with zero attached hydrogens (tertiary/aromatic N) is 3. The van der Waals surface area contributed by atoms with Crippen LogP contribution in [0.5, 0.6) is 0 Å². The first-order valence-electron chi connectivity index (χ1n) is 8.39. The van der Waals surface area contributed by atoms with Crippen molar-refractivity contribution in [1.29, 1.82) is 0 Å². The van der Waals surface area contributed by atoms with Gasteiger partial charge >= 0.3 is 0 Å². The van der Waals surface area contributed by atoms with E-state index < -0.39 is 0 Å². The first-order chi connectivity index (χ1) is 10.0. The summed E-state index contributed by atoms with van der Waals surface area (Å²) in [4.78, 5) is 7.11. The average molecular weight is 292 g/mol. The Hall–Kier alpha value is -0.870. The van der Waals surface area contributed by atoms with Crippen LogP contribution in [0.4, 0.5) is 0 Å². The molecule has 4 nitrogen and oxygen atoms in total. The molecule has 1 N–H and O–H groups in total. The van der Waals surface area contributed by atoms with Gasteiger partial charge in [0.2, 0.25) is 0 Å². The Morgan fingerprint density at radius 2 is 2.10 bits per heavy atom. The fourth-order valence-corrected chi connectivity index (χ4v) is 3.72. The second kappa shape index (κ2) is 6.93. The molecule has 0 aromatic carbocycles. The van der Waals surface area contributed by atoms with Crippen molar-refractivity contribution in [2.45, 2.75) is 57.5 Å². The molecular formula is C17H32N4. The largest absolute Gasteiger partial charge is 0.337 e. The molecule has 1 atom stereocenters. The highest BCUT2D eigenvalue weighted by Crippen LogP contribution is 2.43. The topological polar surface area (TPSA) is 33.1 Å². The maximum Gasteiger partial charge on any atom is 0.127 e. The van der Waals surface area contributed by atoms with E-state index in [1.165, 1.54) is 31.5 Å². The summed E-state index contributed by atoms with van der Waals surface area (Å²) in [5.41, 5.74) is 0.181. The van der Waals surface area contributed by atoms with Gasteiger partial charge in [0.15, 0.2) is 0 Å². The van der Waals surface area contributed by atoms with Gasteiger partial charge in [-0.05, 0) is 58.7 Å². The minimum absolute atomic E-state index is 0.181. The van der Waals surface area contributed by atoms with E-state index in [4.69, 9.17) is 0 Å². The van der Waals surface area contributed by atoms with Gasteiger partial charge in [-0.3, -0.25) is 0 Å². The zero-order valence-electron chi connectivity index (χ0n) is 14.4. The number of imidazole rings is 1. The van der Waals surface area contributed by atoms with Crippen molar-refractivity contribution in [2.24, 2.45) is 13.0 Å². The zero-order valence-corrected chi connectivity index (χ0v) is 14.4. The van der Waals surface area contributed by atoms with Gasteiger partial charge in [0.1, 0.15) is 5.82 Å². The van der Waals surface area contributed by atoms with Crippen LogP contribution in [0.3, 0.4) is 0 Å². The van der Waals surface area contributed by atoms with Gasteiger partial charge in [-0.1, -0.05) is 13.8 Å². The van der Waals surface area contributed by atoms with Gasteiger partial charge < -0.3 is 14.8 Å². The van der Waals surface area contributed by atoms with Crippen LogP contribution in [-0.2, 0) is 7.05 Å². The lowest BCUT2D eigenvalue weighted by molar-refractivity contribution is 0.0389. The lowest BCUT2D eigenvalue weighted by Crippen LogP contribution is -2.56. The number of rotatable bonds is 6. The van der Waals surface area contributed by atoms with E-state index in [1.54, 1.807) is 0 Å². The Balaban J connectivity index is 2.34. The second-order valence-corrected chi connectivity index (χ2v) is 6.96. The summed E-state index contributed by atoms with van der Waals surface area (Å²) in [7, 11) is 6.58. The Bertz CT molecular complexity index is 430. The van der Waals surface area contributed by atoms with Crippen molar-refractivity contribution in [1.82, 2.24) is 19.8 Å². The summed E-state index contributed by atoms with van der Waals surface area (Å²) >= 11 is 0. The number of aromatic nitrogens is 2. The zero-order chi connectivity index (χ0) is 15.5. The predicted octanol–water partition coefficient (Wildman–Crippen LogP) is 2.97. The molecule has 1 aliphatic rings. The third-order valence-corrected chi connectivity index (χ3v) is 5.28. The van der Waals surface area contributed by atoms with E-state index in [1.807, 2.05) is 6.20 Å². The first kappa shape index (κ1) is 16.5. The lowest BCUT2D eigenvalue weighted by Gasteiger charge is -2.49. The van der Waals surface area contributed by atoms with Crippen LogP contribution in [0.2, 0.25) is 0 Å². The SMILES string of the molecule is CCCNC(c1nccn1C)C1(N(C)C)CCC(C)CC1. The number of hydrogen-bond acceptors (Lipinski definition) is 3. The number of aryl methyl sites for hydroxylation is 1. The van der Waals surface area contributed by atoms with E-state index in [0.717, 1.165) is 18.9 Å². The third-order valence-electron chi connectivity index (χ3n) is 5.28. The van der Waals surface area contributed by atoms with Gasteiger partial charge in [-0.2, -0.15) is 0 Å². The molecule has 21 heavy (non-hydrogen) atoms. The van der Waals surface area contributed by atoms with Gasteiger partial charge in [-0.25, -0.2) is 4.98 Å². The number of nitrogens with one attached hydrogen (secondary N) is 1. The van der Waals surface area contributed by atoms with Crippen molar-refractivity contribution in [2.75, 3.05) is 20.6 Å². The minimum atomic E-state index is 0.181. The van der Waals surface area contributed by atoms with Crippen molar-refractivity contribution in [3.05, 3.63) is 18.2 Å². The maximum atomic E-state index is 4.66. The molecule has 1 saturated carbocycles. The van der Waals surface area contributed by atoms with E-state index in [9.17, 15) is 0 Å². The third kappa shape index (κ3) is 3.32. The molecule has 1 aromatic rings. The number of likely N-dealkylation sites (N-methyl/N-ethyl adjacent to an activating group) is 1. The molecule has 1 aromatic heterocycles. The standard InChI is InChI=1S/C17H32N4/c1-6-11-18-15(16-19-12-13-21(16)5)17(20(3)4)9-7-14(2)8-10-17/h12-15,18H,6-11H2,1-5H3. The summed E-state index contributed by atoms with van der Waals surface area (Å²) in [5.74, 6) is 2.03. The van der Waals surface area contributed by atoms with Crippen molar-refractivity contribution < 1.29 is 0 Å². The summed E-state index contributed by atoms with van der Waals surface area (Å²) in [6, 6.07) is 0.306. The van der Waals surface area contributed by atoms with Crippen LogP contribution >= 0.6 is 0 Å². The molecule has 0 amide bonds. The Morgan fingerprint density at radius 1 is 1.43 bits per heavy atom. The van der Waals surface area contributed by atoms with Gasteiger partial charge in [0.25, 0.3) is 0 Å². The molecule has 4 heteroatoms.